The van der Waals surface area contributed by atoms with Crippen molar-refractivity contribution < 1.29 is 41.9 Å². The van der Waals surface area contributed by atoms with E-state index in [-0.39, 0.29) is 41.7 Å². The molecular weight excluding hydrogens is 617 g/mol. The first-order valence-electron chi connectivity index (χ1n) is 13.4. The molecule has 0 atom stereocenters. The number of hydrogen-bond acceptors (Lipinski definition) is 8. The number of carbonyl (C=O) groups is 5. The van der Waals surface area contributed by atoms with Gasteiger partial charge in [0.15, 0.2) is 11.6 Å². The van der Waals surface area contributed by atoms with Crippen molar-refractivity contribution >= 4 is 46.8 Å². The number of nitrogens with zero attached hydrogens (tertiary/aromatic N) is 6. The molecule has 4 amide bonds. The number of halogens is 3. The highest BCUT2D eigenvalue weighted by Crippen LogP contribution is 2.22. The molecule has 0 saturated heterocycles. The number of carbonyl (C=O) groups excluding carboxylic acids is 5. The Morgan fingerprint density at radius 3 is 2.02 bits per heavy atom. The van der Waals surface area contributed by atoms with E-state index in [4.69, 9.17) is 0 Å². The van der Waals surface area contributed by atoms with E-state index >= 15 is 0 Å². The molecule has 0 fully saturated rings. The lowest BCUT2D eigenvalue weighted by Gasteiger charge is -2.10. The van der Waals surface area contributed by atoms with Crippen LogP contribution in [-0.4, -0.2) is 77.7 Å². The lowest BCUT2D eigenvalue weighted by Crippen LogP contribution is -2.29. The van der Waals surface area contributed by atoms with E-state index in [0.29, 0.717) is 10.3 Å². The molecule has 4 rings (SSSR count). The van der Waals surface area contributed by atoms with Crippen molar-refractivity contribution in [2.45, 2.75) is 19.1 Å². The van der Waals surface area contributed by atoms with Crippen LogP contribution in [0, 0.1) is 0 Å². The molecule has 4 heterocycles. The lowest BCUT2D eigenvalue weighted by molar-refractivity contribution is -0.140. The number of hydrogen-bond donors (Lipinski definition) is 4. The number of alkyl halides is 3. The van der Waals surface area contributed by atoms with Crippen LogP contribution in [0.2, 0.25) is 0 Å². The van der Waals surface area contributed by atoms with Gasteiger partial charge in [-0.1, -0.05) is 0 Å². The summed E-state index contributed by atoms with van der Waals surface area (Å²) in [4.78, 5) is 70.1. The van der Waals surface area contributed by atoms with Crippen molar-refractivity contribution in [3.05, 3.63) is 66.2 Å². The molecule has 0 radical (unpaired) electrons. The van der Waals surface area contributed by atoms with Crippen LogP contribution in [0.25, 0.3) is 0 Å². The topological polar surface area (TPSA) is 188 Å². The third-order valence-electron chi connectivity index (χ3n) is 6.41. The van der Waals surface area contributed by atoms with E-state index in [1.54, 1.807) is 20.3 Å². The Hall–Kier alpha value is -5.88. The van der Waals surface area contributed by atoms with E-state index in [9.17, 15) is 37.1 Å². The summed E-state index contributed by atoms with van der Waals surface area (Å²) in [5, 5.41) is 9.88. The number of esters is 1. The molecule has 0 aliphatic carbocycles. The third-order valence-corrected chi connectivity index (χ3v) is 6.41. The Bertz CT molecular complexity index is 1800. The standard InChI is InChI=1S/C27H29F3N10O6/c1-37-8-7-31-21(37)24(43)33-15-9-17(38(2)11-15)23(42)32-6-5-20(41)35-19-13-40(14-27(28,29)30)22(36-19)25(44)34-16-10-18(26(45)46-4)39(3)12-16/h7-13H,5-6,14H2,1-4H3,(H,32,42)(H,33,43)(H,34,44)(H,35,41). The molecule has 19 heteroatoms. The quantitative estimate of drug-likeness (QED) is 0.178. The van der Waals surface area contributed by atoms with Gasteiger partial charge in [0.25, 0.3) is 17.7 Å². The number of ether oxygens (including phenoxy) is 1. The molecule has 0 unspecified atom stereocenters. The normalized spacial score (nSPS) is 11.2. The predicted octanol–water partition coefficient (Wildman–Crippen LogP) is 1.91. The van der Waals surface area contributed by atoms with E-state index in [2.05, 4.69) is 36.0 Å². The van der Waals surface area contributed by atoms with Crippen LogP contribution in [0.3, 0.4) is 0 Å². The number of aromatic nitrogens is 6. The Morgan fingerprint density at radius 2 is 1.43 bits per heavy atom. The van der Waals surface area contributed by atoms with Crippen LogP contribution in [-0.2, 0) is 37.2 Å². The Kier molecular flexibility index (Phi) is 9.62. The fraction of sp³-hybridized carbons (Fsp3) is 0.296. The first-order chi connectivity index (χ1) is 21.6. The predicted molar refractivity (Wildman–Crippen MR) is 155 cm³/mol. The molecule has 0 saturated carbocycles. The minimum absolute atomic E-state index is 0.0800. The highest BCUT2D eigenvalue weighted by Gasteiger charge is 2.31. The molecule has 0 bridgehead atoms. The van der Waals surface area contributed by atoms with Crippen LogP contribution >= 0.6 is 0 Å². The smallest absolute Gasteiger partial charge is 0.406 e. The van der Waals surface area contributed by atoms with Crippen LogP contribution in [0.4, 0.5) is 30.4 Å². The van der Waals surface area contributed by atoms with Crippen molar-refractivity contribution in [2.24, 2.45) is 21.1 Å². The second-order valence-corrected chi connectivity index (χ2v) is 9.96. The van der Waals surface area contributed by atoms with Crippen LogP contribution < -0.4 is 21.3 Å². The number of rotatable bonds is 11. The van der Waals surface area contributed by atoms with Gasteiger partial charge < -0.3 is 44.3 Å². The van der Waals surface area contributed by atoms with Gasteiger partial charge >= 0.3 is 12.1 Å². The molecule has 4 N–H and O–H groups in total. The SMILES string of the molecule is COC(=O)c1cc(NC(=O)c2nc(NC(=O)CCNC(=O)c3cc(NC(=O)c4nccn4C)cn3C)cn2CC(F)(F)F)cn1C. The summed E-state index contributed by atoms with van der Waals surface area (Å²) in [5.74, 6) is -4.28. The number of imidazole rings is 2. The first-order valence-corrected chi connectivity index (χ1v) is 13.4. The van der Waals surface area contributed by atoms with Crippen LogP contribution in [0.1, 0.15) is 48.6 Å². The maximum Gasteiger partial charge on any atom is 0.406 e. The highest BCUT2D eigenvalue weighted by molar-refractivity contribution is 6.04. The lowest BCUT2D eigenvalue weighted by atomic mass is 10.3. The molecule has 0 aromatic carbocycles. The monoisotopic (exact) mass is 646 g/mol. The van der Waals surface area contributed by atoms with Gasteiger partial charge in [0, 0.05) is 65.1 Å². The Balaban J connectivity index is 1.35. The first kappa shape index (κ1) is 33.0. The average molecular weight is 647 g/mol. The van der Waals surface area contributed by atoms with Gasteiger partial charge in [-0.05, 0) is 12.1 Å². The van der Waals surface area contributed by atoms with E-state index in [1.165, 1.54) is 51.5 Å². The second-order valence-electron chi connectivity index (χ2n) is 9.96. The minimum Gasteiger partial charge on any atom is -0.464 e. The van der Waals surface area contributed by atoms with E-state index < -0.39 is 48.1 Å². The minimum atomic E-state index is -4.72. The summed E-state index contributed by atoms with van der Waals surface area (Å²) in [7, 11) is 5.91. The fourth-order valence-electron chi connectivity index (χ4n) is 4.31. The molecule has 244 valence electrons. The molecule has 0 spiro atoms. The summed E-state index contributed by atoms with van der Waals surface area (Å²) in [5.41, 5.74) is 0.686. The molecule has 4 aromatic heterocycles. The highest BCUT2D eigenvalue weighted by atomic mass is 19.4. The van der Waals surface area contributed by atoms with Crippen LogP contribution in [0.5, 0.6) is 0 Å². The van der Waals surface area contributed by atoms with E-state index in [0.717, 1.165) is 13.3 Å². The molecular formula is C27H29F3N10O6. The number of aryl methyl sites for hydroxylation is 3. The van der Waals surface area contributed by atoms with Crippen LogP contribution in [0.15, 0.2) is 43.1 Å². The van der Waals surface area contributed by atoms with Crippen molar-refractivity contribution in [2.75, 3.05) is 29.6 Å². The fourth-order valence-corrected chi connectivity index (χ4v) is 4.31. The van der Waals surface area contributed by atoms with Crippen molar-refractivity contribution in [1.29, 1.82) is 0 Å². The van der Waals surface area contributed by atoms with Gasteiger partial charge in [0.2, 0.25) is 11.7 Å². The van der Waals surface area contributed by atoms with Gasteiger partial charge in [-0.25, -0.2) is 14.8 Å². The maximum atomic E-state index is 13.2. The summed E-state index contributed by atoms with van der Waals surface area (Å²) < 4.78 is 49.2. The Morgan fingerprint density at radius 1 is 0.826 bits per heavy atom. The van der Waals surface area contributed by atoms with Gasteiger partial charge in [-0.15, -0.1) is 0 Å². The molecule has 4 aromatic rings. The maximum absolute atomic E-state index is 13.2. The summed E-state index contributed by atoms with van der Waals surface area (Å²) in [6, 6.07) is 2.70. The molecule has 16 nitrogen and oxygen atoms in total. The molecule has 46 heavy (non-hydrogen) atoms. The van der Waals surface area contributed by atoms with Gasteiger partial charge in [-0.3, -0.25) is 19.2 Å². The Labute approximate surface area is 258 Å². The second kappa shape index (κ2) is 13.4. The zero-order valence-electron chi connectivity index (χ0n) is 24.9. The zero-order valence-corrected chi connectivity index (χ0v) is 24.9. The van der Waals surface area contributed by atoms with Crippen molar-refractivity contribution in [3.8, 4) is 0 Å². The molecule has 0 aliphatic rings. The number of amides is 4. The zero-order chi connectivity index (χ0) is 33.8. The van der Waals surface area contributed by atoms with Crippen molar-refractivity contribution in [3.63, 3.8) is 0 Å². The largest absolute Gasteiger partial charge is 0.464 e. The van der Waals surface area contributed by atoms with Crippen molar-refractivity contribution in [1.82, 2.24) is 33.6 Å². The van der Waals surface area contributed by atoms with E-state index in [1.807, 2.05) is 0 Å². The number of methoxy groups -OCH3 is 1. The summed E-state index contributed by atoms with van der Waals surface area (Å²) in [6.45, 7) is -1.73. The average Bonchev–Trinajstić information content (AvgIpc) is 3.74. The summed E-state index contributed by atoms with van der Waals surface area (Å²) >= 11 is 0. The number of nitrogens with one attached hydrogen (secondary N) is 4. The van der Waals surface area contributed by atoms with Gasteiger partial charge in [0.05, 0.1) is 18.5 Å². The summed E-state index contributed by atoms with van der Waals surface area (Å²) in [6.07, 6.45) is 1.80. The third kappa shape index (κ3) is 7.98. The van der Waals surface area contributed by atoms with Gasteiger partial charge in [-0.2, -0.15) is 13.2 Å². The molecule has 0 aliphatic heterocycles. The number of anilines is 3. The van der Waals surface area contributed by atoms with Gasteiger partial charge in [0.1, 0.15) is 17.9 Å².